The monoisotopic (exact) mass is 279 g/mol. The van der Waals surface area contributed by atoms with Crippen LogP contribution in [0.3, 0.4) is 0 Å². The molecular weight excluding hydrogens is 258 g/mol. The molecule has 2 nitrogen and oxygen atoms in total. The number of alkyl halides is 1. The van der Waals surface area contributed by atoms with E-state index in [9.17, 15) is 4.79 Å². The van der Waals surface area contributed by atoms with Gasteiger partial charge in [0, 0.05) is 13.1 Å². The van der Waals surface area contributed by atoms with Crippen LogP contribution < -0.4 is 0 Å². The van der Waals surface area contributed by atoms with Crippen molar-refractivity contribution in [2.75, 3.05) is 7.05 Å². The summed E-state index contributed by atoms with van der Waals surface area (Å²) in [5, 5.41) is 0.102. The molecule has 0 saturated heterocycles. The minimum atomic E-state index is -0.100. The molecule has 1 saturated carbocycles. The van der Waals surface area contributed by atoms with Crippen molar-refractivity contribution < 1.29 is 4.79 Å². The molecule has 2 rings (SSSR count). The zero-order valence-electron chi connectivity index (χ0n) is 11.7. The Kier molecular flexibility index (Phi) is 4.87. The third kappa shape index (κ3) is 3.30. The predicted molar refractivity (Wildman–Crippen MR) is 79.5 cm³/mol. The SMILES string of the molecule is CC(C(=O)N(C)C1CCCCC1Cl)c1ccccc1. The Bertz CT molecular complexity index is 420. The van der Waals surface area contributed by atoms with E-state index in [1.165, 1.54) is 12.8 Å². The molecule has 3 atom stereocenters. The molecule has 1 aliphatic rings. The Balaban J connectivity index is 2.06. The molecule has 0 aromatic heterocycles. The van der Waals surface area contributed by atoms with Gasteiger partial charge in [-0.3, -0.25) is 4.79 Å². The molecule has 0 radical (unpaired) electrons. The van der Waals surface area contributed by atoms with E-state index in [0.717, 1.165) is 18.4 Å². The summed E-state index contributed by atoms with van der Waals surface area (Å²) in [7, 11) is 1.90. The summed E-state index contributed by atoms with van der Waals surface area (Å²) in [6, 6.07) is 10.1. The molecule has 3 unspecified atom stereocenters. The first-order chi connectivity index (χ1) is 9.11. The van der Waals surface area contributed by atoms with Gasteiger partial charge in [0.1, 0.15) is 0 Å². The molecule has 0 spiro atoms. The lowest BCUT2D eigenvalue weighted by Crippen LogP contribution is -2.45. The maximum absolute atomic E-state index is 12.6. The van der Waals surface area contributed by atoms with E-state index in [0.29, 0.717) is 0 Å². The topological polar surface area (TPSA) is 20.3 Å². The van der Waals surface area contributed by atoms with Crippen LogP contribution in [0, 0.1) is 0 Å². The minimum Gasteiger partial charge on any atom is -0.341 e. The smallest absolute Gasteiger partial charge is 0.229 e. The van der Waals surface area contributed by atoms with E-state index in [1.807, 2.05) is 49.2 Å². The largest absolute Gasteiger partial charge is 0.341 e. The second-order valence-electron chi connectivity index (χ2n) is 5.45. The fraction of sp³-hybridized carbons (Fsp3) is 0.562. The second kappa shape index (κ2) is 6.42. The summed E-state index contributed by atoms with van der Waals surface area (Å²) in [4.78, 5) is 14.4. The quantitative estimate of drug-likeness (QED) is 0.771. The fourth-order valence-corrected chi connectivity index (χ4v) is 3.30. The van der Waals surface area contributed by atoms with Crippen LogP contribution in [0.15, 0.2) is 30.3 Å². The number of carbonyl (C=O) groups is 1. The number of hydrogen-bond donors (Lipinski definition) is 0. The second-order valence-corrected chi connectivity index (χ2v) is 6.01. The van der Waals surface area contributed by atoms with Crippen LogP contribution in [0.2, 0.25) is 0 Å². The molecule has 1 aliphatic carbocycles. The highest BCUT2D eigenvalue weighted by Crippen LogP contribution is 2.28. The minimum absolute atomic E-state index is 0.100. The lowest BCUT2D eigenvalue weighted by molar-refractivity contribution is -0.133. The van der Waals surface area contributed by atoms with Gasteiger partial charge in [0.25, 0.3) is 0 Å². The van der Waals surface area contributed by atoms with Crippen molar-refractivity contribution in [2.45, 2.75) is 49.9 Å². The van der Waals surface area contributed by atoms with Gasteiger partial charge in [0.05, 0.1) is 11.3 Å². The van der Waals surface area contributed by atoms with E-state index in [2.05, 4.69) is 0 Å². The Morgan fingerprint density at radius 1 is 1.26 bits per heavy atom. The molecule has 1 aromatic carbocycles. The summed E-state index contributed by atoms with van der Waals surface area (Å²) in [5.74, 6) is 0.0701. The third-order valence-corrected chi connectivity index (χ3v) is 4.67. The van der Waals surface area contributed by atoms with Gasteiger partial charge in [-0.25, -0.2) is 0 Å². The summed E-state index contributed by atoms with van der Waals surface area (Å²) >= 11 is 6.38. The number of halogens is 1. The molecule has 104 valence electrons. The maximum atomic E-state index is 12.6. The van der Waals surface area contributed by atoms with Crippen LogP contribution in [0.1, 0.15) is 44.1 Å². The normalized spacial score (nSPS) is 24.8. The van der Waals surface area contributed by atoms with Crippen LogP contribution in [-0.4, -0.2) is 29.3 Å². The van der Waals surface area contributed by atoms with Crippen LogP contribution in [0.5, 0.6) is 0 Å². The van der Waals surface area contributed by atoms with E-state index in [-0.39, 0.29) is 23.2 Å². The first kappa shape index (κ1) is 14.4. The van der Waals surface area contributed by atoms with Gasteiger partial charge in [0.2, 0.25) is 5.91 Å². The first-order valence-electron chi connectivity index (χ1n) is 7.07. The Hall–Kier alpha value is -1.02. The number of rotatable bonds is 3. The molecule has 0 heterocycles. The zero-order chi connectivity index (χ0) is 13.8. The van der Waals surface area contributed by atoms with Gasteiger partial charge in [-0.15, -0.1) is 11.6 Å². The van der Waals surface area contributed by atoms with Crippen LogP contribution in [0.4, 0.5) is 0 Å². The highest BCUT2D eigenvalue weighted by molar-refractivity contribution is 6.21. The van der Waals surface area contributed by atoms with Crippen LogP contribution in [0.25, 0.3) is 0 Å². The van der Waals surface area contributed by atoms with Gasteiger partial charge in [-0.1, -0.05) is 43.2 Å². The van der Waals surface area contributed by atoms with Gasteiger partial charge in [-0.05, 0) is 25.3 Å². The lowest BCUT2D eigenvalue weighted by Gasteiger charge is -2.36. The first-order valence-corrected chi connectivity index (χ1v) is 7.50. The van der Waals surface area contributed by atoms with E-state index in [1.54, 1.807) is 0 Å². The summed E-state index contributed by atoms with van der Waals surface area (Å²) < 4.78 is 0. The molecule has 0 aliphatic heterocycles. The average molecular weight is 280 g/mol. The molecular formula is C16H22ClNO. The zero-order valence-corrected chi connectivity index (χ0v) is 12.4. The van der Waals surface area contributed by atoms with Crippen LogP contribution in [-0.2, 0) is 4.79 Å². The third-order valence-electron chi connectivity index (χ3n) is 4.16. The summed E-state index contributed by atoms with van der Waals surface area (Å²) in [5.41, 5.74) is 1.07. The van der Waals surface area contributed by atoms with E-state index in [4.69, 9.17) is 11.6 Å². The molecule has 3 heteroatoms. The van der Waals surface area contributed by atoms with Crippen molar-refractivity contribution in [3.05, 3.63) is 35.9 Å². The van der Waals surface area contributed by atoms with Crippen molar-refractivity contribution >= 4 is 17.5 Å². The number of amides is 1. The molecule has 1 aromatic rings. The molecule has 1 amide bonds. The highest BCUT2D eigenvalue weighted by Gasteiger charge is 2.31. The average Bonchev–Trinajstić information content (AvgIpc) is 2.46. The van der Waals surface area contributed by atoms with Gasteiger partial charge in [-0.2, -0.15) is 0 Å². The van der Waals surface area contributed by atoms with Crippen LogP contribution >= 0.6 is 11.6 Å². The number of benzene rings is 1. The van der Waals surface area contributed by atoms with Crippen molar-refractivity contribution in [3.8, 4) is 0 Å². The lowest BCUT2D eigenvalue weighted by atomic mass is 9.92. The van der Waals surface area contributed by atoms with Crippen molar-refractivity contribution in [1.29, 1.82) is 0 Å². The van der Waals surface area contributed by atoms with Gasteiger partial charge < -0.3 is 4.90 Å². The Labute approximate surface area is 120 Å². The van der Waals surface area contributed by atoms with Gasteiger partial charge >= 0.3 is 0 Å². The summed E-state index contributed by atoms with van der Waals surface area (Å²) in [6.07, 6.45) is 4.40. The number of likely N-dealkylation sites (N-methyl/N-ethyl adjacent to an activating group) is 1. The number of hydrogen-bond acceptors (Lipinski definition) is 1. The molecule has 0 N–H and O–H groups in total. The maximum Gasteiger partial charge on any atom is 0.229 e. The molecule has 1 fully saturated rings. The molecule has 19 heavy (non-hydrogen) atoms. The Morgan fingerprint density at radius 3 is 2.53 bits per heavy atom. The fourth-order valence-electron chi connectivity index (χ4n) is 2.86. The molecule has 0 bridgehead atoms. The standard InChI is InChI=1S/C16H22ClNO/c1-12(13-8-4-3-5-9-13)16(19)18(2)15-11-7-6-10-14(15)17/h3-5,8-9,12,14-15H,6-7,10-11H2,1-2H3. The highest BCUT2D eigenvalue weighted by atomic mass is 35.5. The number of nitrogens with zero attached hydrogens (tertiary/aromatic N) is 1. The number of carbonyl (C=O) groups excluding carboxylic acids is 1. The van der Waals surface area contributed by atoms with Crippen molar-refractivity contribution in [1.82, 2.24) is 4.90 Å². The van der Waals surface area contributed by atoms with E-state index >= 15 is 0 Å². The Morgan fingerprint density at radius 2 is 1.89 bits per heavy atom. The van der Waals surface area contributed by atoms with E-state index < -0.39 is 0 Å². The van der Waals surface area contributed by atoms with Crippen molar-refractivity contribution in [2.24, 2.45) is 0 Å². The van der Waals surface area contributed by atoms with Gasteiger partial charge in [0.15, 0.2) is 0 Å². The van der Waals surface area contributed by atoms with Crippen molar-refractivity contribution in [3.63, 3.8) is 0 Å². The summed E-state index contributed by atoms with van der Waals surface area (Å²) in [6.45, 7) is 1.97. The predicted octanol–water partition coefficient (Wildman–Crippen LogP) is 3.80.